The van der Waals surface area contributed by atoms with Crippen LogP contribution >= 0.6 is 11.3 Å². The number of aromatic nitrogens is 1. The molecule has 3 nitrogen and oxygen atoms in total. The van der Waals surface area contributed by atoms with Gasteiger partial charge in [-0.1, -0.05) is 0 Å². The summed E-state index contributed by atoms with van der Waals surface area (Å²) in [4.78, 5) is 8.14. The Labute approximate surface area is 89.9 Å². The van der Waals surface area contributed by atoms with Crippen molar-refractivity contribution in [1.82, 2.24) is 4.98 Å². The summed E-state index contributed by atoms with van der Waals surface area (Å²) in [5.74, 6) is 0. The van der Waals surface area contributed by atoms with Gasteiger partial charge in [0.25, 0.3) is 0 Å². The van der Waals surface area contributed by atoms with Crippen molar-refractivity contribution in [3.8, 4) is 0 Å². The molecule has 0 unspecified atom stereocenters. The van der Waals surface area contributed by atoms with Crippen LogP contribution in [0.1, 0.15) is 23.9 Å². The van der Waals surface area contributed by atoms with E-state index in [0.29, 0.717) is 0 Å². The molecule has 0 fully saturated rings. The third kappa shape index (κ3) is 2.69. The molecule has 1 heterocycles. The maximum absolute atomic E-state index is 5.50. The molecule has 0 aliphatic rings. The molecule has 0 saturated heterocycles. The van der Waals surface area contributed by atoms with E-state index in [0.717, 1.165) is 36.9 Å². The van der Waals surface area contributed by atoms with Gasteiger partial charge in [-0.2, -0.15) is 0 Å². The maximum atomic E-state index is 5.50. The van der Waals surface area contributed by atoms with Crippen molar-refractivity contribution < 1.29 is 0 Å². The second-order valence-corrected chi connectivity index (χ2v) is 4.54. The average Bonchev–Trinajstić information content (AvgIpc) is 2.48. The summed E-state index contributed by atoms with van der Waals surface area (Å²) in [7, 11) is 0. The highest BCUT2D eigenvalue weighted by molar-refractivity contribution is 7.15. The average molecular weight is 213 g/mol. The molecule has 1 rings (SSSR count). The molecular weight excluding hydrogens is 194 g/mol. The number of aryl methyl sites for hydroxylation is 2. The zero-order valence-electron chi connectivity index (χ0n) is 9.21. The summed E-state index contributed by atoms with van der Waals surface area (Å²) >= 11 is 1.77. The molecule has 0 bridgehead atoms. The van der Waals surface area contributed by atoms with Gasteiger partial charge in [0.2, 0.25) is 0 Å². The number of nitrogens with zero attached hydrogens (tertiary/aromatic N) is 2. The summed E-state index contributed by atoms with van der Waals surface area (Å²) in [6, 6.07) is 0. The summed E-state index contributed by atoms with van der Waals surface area (Å²) in [6.45, 7) is 9.10. The van der Waals surface area contributed by atoms with Crippen molar-refractivity contribution in [3.63, 3.8) is 0 Å². The van der Waals surface area contributed by atoms with Crippen LogP contribution in [0.3, 0.4) is 0 Å². The van der Waals surface area contributed by atoms with Crippen LogP contribution < -0.4 is 10.6 Å². The zero-order valence-corrected chi connectivity index (χ0v) is 10.0. The van der Waals surface area contributed by atoms with Gasteiger partial charge >= 0.3 is 0 Å². The first-order valence-corrected chi connectivity index (χ1v) is 5.89. The van der Waals surface area contributed by atoms with Gasteiger partial charge in [0.15, 0.2) is 5.13 Å². The van der Waals surface area contributed by atoms with Crippen molar-refractivity contribution >= 4 is 16.5 Å². The summed E-state index contributed by atoms with van der Waals surface area (Å²) in [6.07, 6.45) is 1.03. The molecule has 0 amide bonds. The SMILES string of the molecule is CCN(CCCN)c1nc(C)c(C)s1. The number of hydrogen-bond acceptors (Lipinski definition) is 4. The Morgan fingerprint density at radius 3 is 2.57 bits per heavy atom. The van der Waals surface area contributed by atoms with E-state index in [2.05, 4.69) is 30.7 Å². The highest BCUT2D eigenvalue weighted by atomic mass is 32.1. The number of anilines is 1. The molecule has 0 saturated carbocycles. The lowest BCUT2D eigenvalue weighted by Crippen LogP contribution is -2.25. The van der Waals surface area contributed by atoms with Crippen LogP contribution in [0, 0.1) is 13.8 Å². The van der Waals surface area contributed by atoms with Crippen molar-refractivity contribution in [2.75, 3.05) is 24.5 Å². The fraction of sp³-hybridized carbons (Fsp3) is 0.700. The van der Waals surface area contributed by atoms with Crippen LogP contribution in [-0.4, -0.2) is 24.6 Å². The van der Waals surface area contributed by atoms with Crippen LogP contribution in [0.15, 0.2) is 0 Å². The Balaban J connectivity index is 2.68. The summed E-state index contributed by atoms with van der Waals surface area (Å²) in [5.41, 5.74) is 6.65. The minimum Gasteiger partial charge on any atom is -0.348 e. The quantitative estimate of drug-likeness (QED) is 0.812. The largest absolute Gasteiger partial charge is 0.348 e. The van der Waals surface area contributed by atoms with Crippen molar-refractivity contribution in [1.29, 1.82) is 0 Å². The number of rotatable bonds is 5. The molecule has 2 N–H and O–H groups in total. The predicted molar refractivity (Wildman–Crippen MR) is 63.1 cm³/mol. The van der Waals surface area contributed by atoms with E-state index in [1.807, 2.05) is 0 Å². The highest BCUT2D eigenvalue weighted by Crippen LogP contribution is 2.24. The van der Waals surface area contributed by atoms with E-state index >= 15 is 0 Å². The second kappa shape index (κ2) is 5.32. The fourth-order valence-electron chi connectivity index (χ4n) is 1.26. The van der Waals surface area contributed by atoms with Gasteiger partial charge in [-0.25, -0.2) is 4.98 Å². The van der Waals surface area contributed by atoms with Crippen LogP contribution in [0.4, 0.5) is 5.13 Å². The minimum atomic E-state index is 0.750. The van der Waals surface area contributed by atoms with Gasteiger partial charge in [-0.15, -0.1) is 11.3 Å². The molecule has 1 aromatic heterocycles. The minimum absolute atomic E-state index is 0.750. The Kier molecular flexibility index (Phi) is 4.35. The molecule has 4 heteroatoms. The van der Waals surface area contributed by atoms with Gasteiger partial charge < -0.3 is 10.6 Å². The van der Waals surface area contributed by atoms with E-state index in [-0.39, 0.29) is 0 Å². The van der Waals surface area contributed by atoms with Gasteiger partial charge in [0.05, 0.1) is 5.69 Å². The molecule has 14 heavy (non-hydrogen) atoms. The fourth-order valence-corrected chi connectivity index (χ4v) is 2.26. The monoisotopic (exact) mass is 213 g/mol. The lowest BCUT2D eigenvalue weighted by molar-refractivity contribution is 0.751. The number of thiazole rings is 1. The Morgan fingerprint density at radius 1 is 1.43 bits per heavy atom. The molecular formula is C10H19N3S. The smallest absolute Gasteiger partial charge is 0.185 e. The van der Waals surface area contributed by atoms with E-state index in [9.17, 15) is 0 Å². The normalized spacial score (nSPS) is 10.6. The number of hydrogen-bond donors (Lipinski definition) is 1. The van der Waals surface area contributed by atoms with Crippen molar-refractivity contribution in [2.45, 2.75) is 27.2 Å². The Morgan fingerprint density at radius 2 is 2.14 bits per heavy atom. The van der Waals surface area contributed by atoms with Gasteiger partial charge in [0, 0.05) is 18.0 Å². The van der Waals surface area contributed by atoms with Crippen LogP contribution in [0.5, 0.6) is 0 Å². The predicted octanol–water partition coefficient (Wildman–Crippen LogP) is 1.94. The first-order valence-electron chi connectivity index (χ1n) is 5.08. The summed E-state index contributed by atoms with van der Waals surface area (Å²) < 4.78 is 0. The second-order valence-electron chi connectivity index (χ2n) is 3.36. The van der Waals surface area contributed by atoms with Crippen molar-refractivity contribution in [2.24, 2.45) is 5.73 Å². The van der Waals surface area contributed by atoms with E-state index in [1.165, 1.54) is 4.88 Å². The first kappa shape index (κ1) is 11.5. The van der Waals surface area contributed by atoms with Gasteiger partial charge in [0.1, 0.15) is 0 Å². The van der Waals surface area contributed by atoms with Crippen molar-refractivity contribution in [3.05, 3.63) is 10.6 Å². The highest BCUT2D eigenvalue weighted by Gasteiger charge is 2.09. The van der Waals surface area contributed by atoms with Crippen LogP contribution in [-0.2, 0) is 0 Å². The van der Waals surface area contributed by atoms with Crippen LogP contribution in [0.2, 0.25) is 0 Å². The Bertz CT molecular complexity index is 263. The van der Waals surface area contributed by atoms with Crippen LogP contribution in [0.25, 0.3) is 0 Å². The molecule has 0 spiro atoms. The lowest BCUT2D eigenvalue weighted by Gasteiger charge is -2.18. The summed E-state index contributed by atoms with van der Waals surface area (Å²) in [5, 5.41) is 1.14. The third-order valence-corrected chi connectivity index (χ3v) is 3.44. The molecule has 0 aliphatic heterocycles. The molecule has 0 radical (unpaired) electrons. The number of nitrogens with two attached hydrogens (primary N) is 1. The van der Waals surface area contributed by atoms with E-state index < -0.39 is 0 Å². The molecule has 0 atom stereocenters. The topological polar surface area (TPSA) is 42.1 Å². The molecule has 0 aliphatic carbocycles. The third-order valence-electron chi connectivity index (χ3n) is 2.30. The Hall–Kier alpha value is -0.610. The lowest BCUT2D eigenvalue weighted by atomic mass is 10.4. The van der Waals surface area contributed by atoms with E-state index in [4.69, 9.17) is 5.73 Å². The first-order chi connectivity index (χ1) is 6.69. The molecule has 80 valence electrons. The molecule has 0 aromatic carbocycles. The maximum Gasteiger partial charge on any atom is 0.185 e. The zero-order chi connectivity index (χ0) is 10.6. The molecule has 1 aromatic rings. The van der Waals surface area contributed by atoms with Gasteiger partial charge in [-0.3, -0.25) is 0 Å². The van der Waals surface area contributed by atoms with E-state index in [1.54, 1.807) is 11.3 Å². The standard InChI is InChI=1S/C10H19N3S/c1-4-13(7-5-6-11)10-12-8(2)9(3)14-10/h4-7,11H2,1-3H3. The van der Waals surface area contributed by atoms with Gasteiger partial charge in [-0.05, 0) is 33.7 Å².